The van der Waals surface area contributed by atoms with Crippen LogP contribution in [0.3, 0.4) is 0 Å². The summed E-state index contributed by atoms with van der Waals surface area (Å²) in [5, 5.41) is 5.00. The summed E-state index contributed by atoms with van der Waals surface area (Å²) in [7, 11) is 0. The molecule has 0 spiro atoms. The standard InChI is InChI=1S/C15H18N2OS/c1-8-16-17(9-1)14-4-2-13(3-5-14)12-19-15-6-10-18-11-7-15/h1-5,8-9,15H,6-7,10-12H2. The molecule has 0 unspecified atom stereocenters. The van der Waals surface area contributed by atoms with Gasteiger partial charge in [-0.3, -0.25) is 0 Å². The highest BCUT2D eigenvalue weighted by molar-refractivity contribution is 7.99. The van der Waals surface area contributed by atoms with Crippen LogP contribution < -0.4 is 0 Å². The van der Waals surface area contributed by atoms with E-state index >= 15 is 0 Å². The maximum absolute atomic E-state index is 5.39. The Labute approximate surface area is 118 Å². The predicted octanol–water partition coefficient (Wildman–Crippen LogP) is 3.28. The van der Waals surface area contributed by atoms with E-state index in [-0.39, 0.29) is 0 Å². The van der Waals surface area contributed by atoms with Crippen LogP contribution in [0.15, 0.2) is 42.7 Å². The minimum atomic E-state index is 0.763. The molecule has 0 N–H and O–H groups in total. The number of hydrogen-bond acceptors (Lipinski definition) is 3. The van der Waals surface area contributed by atoms with Gasteiger partial charge in [0.15, 0.2) is 0 Å². The quantitative estimate of drug-likeness (QED) is 0.856. The zero-order valence-corrected chi connectivity index (χ0v) is 11.7. The lowest BCUT2D eigenvalue weighted by Crippen LogP contribution is -2.17. The topological polar surface area (TPSA) is 27.1 Å². The Balaban J connectivity index is 1.57. The van der Waals surface area contributed by atoms with Crippen molar-refractivity contribution in [2.24, 2.45) is 0 Å². The van der Waals surface area contributed by atoms with Crippen molar-refractivity contribution in [3.63, 3.8) is 0 Å². The number of thioether (sulfide) groups is 1. The molecule has 0 aliphatic carbocycles. The van der Waals surface area contributed by atoms with Crippen LogP contribution >= 0.6 is 11.8 Å². The summed E-state index contributed by atoms with van der Waals surface area (Å²) < 4.78 is 7.27. The lowest BCUT2D eigenvalue weighted by molar-refractivity contribution is 0.1000. The Hall–Kier alpha value is -1.26. The number of ether oxygens (including phenoxy) is 1. The molecular weight excluding hydrogens is 256 g/mol. The third-order valence-corrected chi connectivity index (χ3v) is 4.80. The van der Waals surface area contributed by atoms with Crippen LogP contribution in [-0.2, 0) is 10.5 Å². The first-order valence-corrected chi connectivity index (χ1v) is 7.75. The molecule has 4 heteroatoms. The lowest BCUT2D eigenvalue weighted by atomic mass is 10.2. The monoisotopic (exact) mass is 274 g/mol. The fourth-order valence-corrected chi connectivity index (χ4v) is 3.37. The minimum Gasteiger partial charge on any atom is -0.381 e. The van der Waals surface area contributed by atoms with Crippen molar-refractivity contribution < 1.29 is 4.74 Å². The van der Waals surface area contributed by atoms with E-state index < -0.39 is 0 Å². The third-order valence-electron chi connectivity index (χ3n) is 3.36. The van der Waals surface area contributed by atoms with Crippen molar-refractivity contribution in [3.05, 3.63) is 48.3 Å². The second-order valence-electron chi connectivity index (χ2n) is 4.74. The highest BCUT2D eigenvalue weighted by Gasteiger charge is 2.13. The van der Waals surface area contributed by atoms with Crippen molar-refractivity contribution in [1.29, 1.82) is 0 Å². The molecule has 0 bridgehead atoms. The molecule has 3 rings (SSSR count). The first-order chi connectivity index (χ1) is 9.42. The van der Waals surface area contributed by atoms with Crippen molar-refractivity contribution in [2.75, 3.05) is 13.2 Å². The molecule has 2 aromatic rings. The summed E-state index contributed by atoms with van der Waals surface area (Å²) in [4.78, 5) is 0. The predicted molar refractivity (Wildman–Crippen MR) is 78.7 cm³/mol. The number of aromatic nitrogens is 2. The second-order valence-corrected chi connectivity index (χ2v) is 6.03. The van der Waals surface area contributed by atoms with Gasteiger partial charge in [0.25, 0.3) is 0 Å². The fraction of sp³-hybridized carbons (Fsp3) is 0.400. The molecule has 1 fully saturated rings. The maximum atomic E-state index is 5.39. The smallest absolute Gasteiger partial charge is 0.0645 e. The van der Waals surface area contributed by atoms with E-state index in [4.69, 9.17) is 4.74 Å². The van der Waals surface area contributed by atoms with Gasteiger partial charge in [-0.1, -0.05) is 12.1 Å². The summed E-state index contributed by atoms with van der Waals surface area (Å²) in [6, 6.07) is 10.6. The molecular formula is C15H18N2OS. The maximum Gasteiger partial charge on any atom is 0.0645 e. The van der Waals surface area contributed by atoms with Crippen molar-refractivity contribution in [1.82, 2.24) is 9.78 Å². The second kappa shape index (κ2) is 6.26. The van der Waals surface area contributed by atoms with E-state index in [9.17, 15) is 0 Å². The van der Waals surface area contributed by atoms with Crippen LogP contribution in [0, 0.1) is 0 Å². The van der Waals surface area contributed by atoms with Gasteiger partial charge in [-0.15, -0.1) is 0 Å². The molecule has 1 aromatic carbocycles. The van der Waals surface area contributed by atoms with Gasteiger partial charge < -0.3 is 4.74 Å². The van der Waals surface area contributed by atoms with Gasteiger partial charge in [-0.05, 0) is 36.6 Å². The normalized spacial score (nSPS) is 16.6. The minimum absolute atomic E-state index is 0.763. The van der Waals surface area contributed by atoms with Crippen molar-refractivity contribution in [3.8, 4) is 5.69 Å². The number of rotatable bonds is 4. The summed E-state index contributed by atoms with van der Waals surface area (Å²) in [5.41, 5.74) is 2.50. The van der Waals surface area contributed by atoms with Gasteiger partial charge in [0.05, 0.1) is 5.69 Å². The molecule has 0 amide bonds. The van der Waals surface area contributed by atoms with E-state index in [1.54, 1.807) is 6.20 Å². The number of nitrogens with zero attached hydrogens (tertiary/aromatic N) is 2. The summed E-state index contributed by atoms with van der Waals surface area (Å²) >= 11 is 2.05. The van der Waals surface area contributed by atoms with Gasteiger partial charge in [-0.2, -0.15) is 16.9 Å². The van der Waals surface area contributed by atoms with Crippen molar-refractivity contribution in [2.45, 2.75) is 23.8 Å². The van der Waals surface area contributed by atoms with E-state index in [2.05, 4.69) is 41.1 Å². The molecule has 1 saturated heterocycles. The largest absolute Gasteiger partial charge is 0.381 e. The van der Waals surface area contributed by atoms with Gasteiger partial charge in [0.2, 0.25) is 0 Å². The van der Waals surface area contributed by atoms with E-state index in [1.807, 2.05) is 16.9 Å². The Bertz CT molecular complexity index is 489. The SMILES string of the molecule is c1cnn(-c2ccc(CSC3CCOCC3)cc2)c1. The number of benzene rings is 1. The fourth-order valence-electron chi connectivity index (χ4n) is 2.22. The van der Waals surface area contributed by atoms with Crippen LogP contribution in [-0.4, -0.2) is 28.2 Å². The third kappa shape index (κ3) is 3.39. The van der Waals surface area contributed by atoms with E-state index in [0.717, 1.165) is 29.9 Å². The molecule has 3 nitrogen and oxygen atoms in total. The van der Waals surface area contributed by atoms with Crippen LogP contribution in [0.2, 0.25) is 0 Å². The molecule has 2 heterocycles. The van der Waals surface area contributed by atoms with Crippen LogP contribution in [0.1, 0.15) is 18.4 Å². The van der Waals surface area contributed by atoms with Gasteiger partial charge in [-0.25, -0.2) is 4.68 Å². The highest BCUT2D eigenvalue weighted by atomic mass is 32.2. The molecule has 1 aromatic heterocycles. The molecule has 100 valence electrons. The first-order valence-electron chi connectivity index (χ1n) is 6.70. The Morgan fingerprint density at radius 2 is 2.00 bits per heavy atom. The summed E-state index contributed by atoms with van der Waals surface area (Å²) in [5.74, 6) is 1.09. The molecule has 1 aliphatic rings. The highest BCUT2D eigenvalue weighted by Crippen LogP contribution is 2.25. The number of hydrogen-bond donors (Lipinski definition) is 0. The van der Waals surface area contributed by atoms with Crippen LogP contribution in [0.4, 0.5) is 0 Å². The average molecular weight is 274 g/mol. The molecule has 19 heavy (non-hydrogen) atoms. The molecule has 0 saturated carbocycles. The van der Waals surface area contributed by atoms with Crippen LogP contribution in [0.5, 0.6) is 0 Å². The first kappa shape index (κ1) is 12.8. The zero-order chi connectivity index (χ0) is 12.9. The van der Waals surface area contributed by atoms with E-state index in [0.29, 0.717) is 0 Å². The Morgan fingerprint density at radius 1 is 1.21 bits per heavy atom. The van der Waals surface area contributed by atoms with Crippen molar-refractivity contribution >= 4 is 11.8 Å². The molecule has 1 aliphatic heterocycles. The zero-order valence-electron chi connectivity index (χ0n) is 10.9. The van der Waals surface area contributed by atoms with Gasteiger partial charge in [0, 0.05) is 36.6 Å². The summed E-state index contributed by atoms with van der Waals surface area (Å²) in [6.07, 6.45) is 6.15. The van der Waals surface area contributed by atoms with Gasteiger partial charge >= 0.3 is 0 Å². The van der Waals surface area contributed by atoms with E-state index in [1.165, 1.54) is 18.4 Å². The Morgan fingerprint density at radius 3 is 2.68 bits per heavy atom. The molecule has 0 atom stereocenters. The lowest BCUT2D eigenvalue weighted by Gasteiger charge is -2.21. The van der Waals surface area contributed by atoms with Gasteiger partial charge in [0.1, 0.15) is 0 Å². The Kier molecular flexibility index (Phi) is 4.20. The van der Waals surface area contributed by atoms with Crippen LogP contribution in [0.25, 0.3) is 5.69 Å². The molecule has 0 radical (unpaired) electrons. The average Bonchev–Trinajstić information content (AvgIpc) is 3.01. The summed E-state index contributed by atoms with van der Waals surface area (Å²) in [6.45, 7) is 1.85.